The molecule has 122 valence electrons. The van der Waals surface area contributed by atoms with Gasteiger partial charge in [-0.05, 0) is 29.2 Å². The van der Waals surface area contributed by atoms with Crippen molar-refractivity contribution < 1.29 is 18.3 Å². The molecule has 0 aliphatic heterocycles. The molecule has 0 aromatic heterocycles. The highest BCUT2D eigenvalue weighted by atomic mass is 32.2. The first-order valence-corrected chi connectivity index (χ1v) is 8.87. The van der Waals surface area contributed by atoms with E-state index in [0.29, 0.717) is 5.56 Å². The fourth-order valence-corrected chi connectivity index (χ4v) is 3.63. The Morgan fingerprint density at radius 1 is 1.13 bits per heavy atom. The van der Waals surface area contributed by atoms with Gasteiger partial charge in [-0.2, -0.15) is 0 Å². The van der Waals surface area contributed by atoms with E-state index in [2.05, 4.69) is 4.72 Å². The van der Waals surface area contributed by atoms with Gasteiger partial charge in [0.15, 0.2) is 0 Å². The van der Waals surface area contributed by atoms with Crippen molar-refractivity contribution in [1.82, 2.24) is 4.72 Å². The molecule has 1 atom stereocenters. The minimum atomic E-state index is -3.46. The van der Waals surface area contributed by atoms with Crippen molar-refractivity contribution >= 4 is 16.0 Å². The molecule has 2 N–H and O–H groups in total. The molecule has 0 saturated heterocycles. The van der Waals surface area contributed by atoms with Crippen LogP contribution in [0.15, 0.2) is 54.6 Å². The summed E-state index contributed by atoms with van der Waals surface area (Å²) < 4.78 is 26.9. The van der Waals surface area contributed by atoms with Gasteiger partial charge in [-0.3, -0.25) is 0 Å². The van der Waals surface area contributed by atoms with Gasteiger partial charge in [0.2, 0.25) is 10.0 Å². The standard InChI is InChI=1S/C17H19NO4S/c1-13(15-7-3-2-4-8-15)12-23(21,22)18-11-14-6-5-9-16(10-14)17(19)20/h2-10,13,18H,11-12H2,1H3,(H,19,20). The predicted octanol–water partition coefficient (Wildman–Crippen LogP) is 2.61. The largest absolute Gasteiger partial charge is 0.478 e. The molecule has 0 spiro atoms. The van der Waals surface area contributed by atoms with Crippen LogP contribution in [0.1, 0.15) is 34.3 Å². The van der Waals surface area contributed by atoms with Crippen LogP contribution in [0, 0.1) is 0 Å². The Bertz CT molecular complexity index is 772. The smallest absolute Gasteiger partial charge is 0.335 e. The first-order chi connectivity index (χ1) is 10.9. The molecule has 0 aliphatic carbocycles. The number of sulfonamides is 1. The number of hydrogen-bond donors (Lipinski definition) is 2. The molecule has 0 fully saturated rings. The highest BCUT2D eigenvalue weighted by Gasteiger charge is 2.17. The zero-order valence-corrected chi connectivity index (χ0v) is 13.6. The van der Waals surface area contributed by atoms with Gasteiger partial charge in [0.1, 0.15) is 0 Å². The summed E-state index contributed by atoms with van der Waals surface area (Å²) in [4.78, 5) is 10.9. The highest BCUT2D eigenvalue weighted by Crippen LogP contribution is 2.16. The highest BCUT2D eigenvalue weighted by molar-refractivity contribution is 7.89. The van der Waals surface area contributed by atoms with Crippen LogP contribution in [-0.2, 0) is 16.6 Å². The molecule has 5 nitrogen and oxygen atoms in total. The van der Waals surface area contributed by atoms with Gasteiger partial charge in [0.05, 0.1) is 11.3 Å². The van der Waals surface area contributed by atoms with E-state index < -0.39 is 16.0 Å². The molecule has 2 rings (SSSR count). The maximum absolute atomic E-state index is 12.2. The van der Waals surface area contributed by atoms with E-state index in [-0.39, 0.29) is 23.8 Å². The maximum atomic E-state index is 12.2. The van der Waals surface area contributed by atoms with Gasteiger partial charge < -0.3 is 5.11 Å². The number of aromatic carboxylic acids is 1. The second-order valence-corrected chi connectivity index (χ2v) is 7.27. The summed E-state index contributed by atoms with van der Waals surface area (Å²) in [5.41, 5.74) is 1.71. The molecule has 0 heterocycles. The second kappa shape index (κ2) is 7.39. The van der Waals surface area contributed by atoms with Crippen LogP contribution in [0.25, 0.3) is 0 Å². The van der Waals surface area contributed by atoms with E-state index in [1.54, 1.807) is 12.1 Å². The first kappa shape index (κ1) is 17.2. The number of hydrogen-bond acceptors (Lipinski definition) is 3. The lowest BCUT2D eigenvalue weighted by Gasteiger charge is -2.13. The number of carboxylic acids is 1. The van der Waals surface area contributed by atoms with Crippen molar-refractivity contribution in [2.45, 2.75) is 19.4 Å². The van der Waals surface area contributed by atoms with Crippen molar-refractivity contribution in [1.29, 1.82) is 0 Å². The Morgan fingerprint density at radius 3 is 2.48 bits per heavy atom. The zero-order chi connectivity index (χ0) is 16.9. The summed E-state index contributed by atoms with van der Waals surface area (Å²) in [6.45, 7) is 1.94. The van der Waals surface area contributed by atoms with Crippen LogP contribution >= 0.6 is 0 Å². The lowest BCUT2D eigenvalue weighted by Crippen LogP contribution is -2.28. The number of rotatable bonds is 7. The monoisotopic (exact) mass is 333 g/mol. The van der Waals surface area contributed by atoms with E-state index in [4.69, 9.17) is 5.11 Å². The van der Waals surface area contributed by atoms with Crippen LogP contribution in [0.3, 0.4) is 0 Å². The third-order valence-corrected chi connectivity index (χ3v) is 5.03. The van der Waals surface area contributed by atoms with Gasteiger partial charge in [0.25, 0.3) is 0 Å². The second-order valence-electron chi connectivity index (χ2n) is 5.42. The predicted molar refractivity (Wildman–Crippen MR) is 88.9 cm³/mol. The molecule has 2 aromatic carbocycles. The Balaban J connectivity index is 1.99. The van der Waals surface area contributed by atoms with E-state index in [1.165, 1.54) is 12.1 Å². The number of nitrogens with one attached hydrogen (secondary N) is 1. The van der Waals surface area contributed by atoms with Gasteiger partial charge >= 0.3 is 5.97 Å². The summed E-state index contributed by atoms with van der Waals surface area (Å²) in [7, 11) is -3.46. The molecule has 0 amide bonds. The number of carbonyl (C=O) groups is 1. The van der Waals surface area contributed by atoms with Crippen LogP contribution in [0.2, 0.25) is 0 Å². The minimum Gasteiger partial charge on any atom is -0.478 e. The zero-order valence-electron chi connectivity index (χ0n) is 12.8. The fourth-order valence-electron chi connectivity index (χ4n) is 2.27. The van der Waals surface area contributed by atoms with Gasteiger partial charge in [0, 0.05) is 6.54 Å². The Labute approximate surface area is 136 Å². The van der Waals surface area contributed by atoms with E-state index in [9.17, 15) is 13.2 Å². The van der Waals surface area contributed by atoms with Crippen molar-refractivity contribution in [3.05, 3.63) is 71.3 Å². The van der Waals surface area contributed by atoms with Gasteiger partial charge in [-0.1, -0.05) is 49.4 Å². The Morgan fingerprint density at radius 2 is 1.83 bits per heavy atom. The molecule has 6 heteroatoms. The summed E-state index contributed by atoms with van der Waals surface area (Å²) in [5, 5.41) is 8.94. The summed E-state index contributed by atoms with van der Waals surface area (Å²) in [6.07, 6.45) is 0. The molecule has 2 aromatic rings. The topological polar surface area (TPSA) is 83.5 Å². The third kappa shape index (κ3) is 5.19. The van der Waals surface area contributed by atoms with Crippen LogP contribution in [-0.4, -0.2) is 25.2 Å². The minimum absolute atomic E-state index is 0.0182. The summed E-state index contributed by atoms with van der Waals surface area (Å²) >= 11 is 0. The quantitative estimate of drug-likeness (QED) is 0.816. The average molecular weight is 333 g/mol. The van der Waals surface area contributed by atoms with Crippen LogP contribution < -0.4 is 4.72 Å². The third-order valence-electron chi connectivity index (χ3n) is 3.51. The fraction of sp³-hybridized carbons (Fsp3) is 0.235. The normalized spacial score (nSPS) is 12.7. The van der Waals surface area contributed by atoms with Crippen molar-refractivity contribution in [3.63, 3.8) is 0 Å². The van der Waals surface area contributed by atoms with Crippen molar-refractivity contribution in [3.8, 4) is 0 Å². The van der Waals surface area contributed by atoms with Gasteiger partial charge in [-0.15, -0.1) is 0 Å². The number of carboxylic acid groups (broad SMARTS) is 1. The molecule has 0 radical (unpaired) electrons. The van der Waals surface area contributed by atoms with Crippen molar-refractivity contribution in [2.24, 2.45) is 0 Å². The molecule has 0 aliphatic rings. The molecule has 0 saturated carbocycles. The molecule has 23 heavy (non-hydrogen) atoms. The number of benzene rings is 2. The maximum Gasteiger partial charge on any atom is 0.335 e. The van der Waals surface area contributed by atoms with Gasteiger partial charge in [-0.25, -0.2) is 17.9 Å². The van der Waals surface area contributed by atoms with E-state index in [1.807, 2.05) is 37.3 Å². The Hall–Kier alpha value is -2.18. The molecular weight excluding hydrogens is 314 g/mol. The summed E-state index contributed by atoms with van der Waals surface area (Å²) in [5.74, 6) is -1.18. The Kier molecular flexibility index (Phi) is 5.52. The lowest BCUT2D eigenvalue weighted by atomic mass is 10.0. The lowest BCUT2D eigenvalue weighted by molar-refractivity contribution is 0.0696. The van der Waals surface area contributed by atoms with E-state index >= 15 is 0 Å². The van der Waals surface area contributed by atoms with Crippen molar-refractivity contribution in [2.75, 3.05) is 5.75 Å². The van der Waals surface area contributed by atoms with Crippen LogP contribution in [0.4, 0.5) is 0 Å². The average Bonchev–Trinajstić information content (AvgIpc) is 2.54. The SMILES string of the molecule is CC(CS(=O)(=O)NCc1cccc(C(=O)O)c1)c1ccccc1. The first-order valence-electron chi connectivity index (χ1n) is 7.22. The molecule has 1 unspecified atom stereocenters. The van der Waals surface area contributed by atoms with E-state index in [0.717, 1.165) is 5.56 Å². The summed E-state index contributed by atoms with van der Waals surface area (Å²) in [6, 6.07) is 15.7. The molecule has 0 bridgehead atoms. The molecular formula is C17H19NO4S. The van der Waals surface area contributed by atoms with Crippen LogP contribution in [0.5, 0.6) is 0 Å².